The standard InChI is InChI=1S/C10H18ClN3O/c1-7(2)9-8(6-12-4-5-15)10(11)14(3)13-9/h7,12,15H,4-6H2,1-3H3. The van der Waals surface area contributed by atoms with E-state index >= 15 is 0 Å². The van der Waals surface area contributed by atoms with Crippen LogP contribution in [0.4, 0.5) is 0 Å². The van der Waals surface area contributed by atoms with Crippen LogP contribution < -0.4 is 5.32 Å². The first-order valence-electron chi connectivity index (χ1n) is 5.10. The topological polar surface area (TPSA) is 50.1 Å². The highest BCUT2D eigenvalue weighted by Gasteiger charge is 2.16. The maximum atomic E-state index is 8.68. The normalized spacial score (nSPS) is 11.3. The second kappa shape index (κ2) is 5.49. The first-order chi connectivity index (χ1) is 7.07. The Morgan fingerprint density at radius 3 is 2.73 bits per heavy atom. The Morgan fingerprint density at radius 1 is 1.53 bits per heavy atom. The average Bonchev–Trinajstić information content (AvgIpc) is 2.46. The minimum absolute atomic E-state index is 0.134. The molecule has 0 saturated heterocycles. The molecule has 1 aromatic rings. The van der Waals surface area contributed by atoms with Crippen LogP contribution in [0.1, 0.15) is 31.0 Å². The van der Waals surface area contributed by atoms with Gasteiger partial charge in [-0.25, -0.2) is 0 Å². The molecule has 0 aromatic carbocycles. The molecule has 0 amide bonds. The number of rotatable bonds is 5. The minimum Gasteiger partial charge on any atom is -0.395 e. The molecule has 5 heteroatoms. The summed E-state index contributed by atoms with van der Waals surface area (Å²) in [7, 11) is 1.84. The van der Waals surface area contributed by atoms with Crippen molar-refractivity contribution in [2.24, 2.45) is 7.05 Å². The molecule has 1 aromatic heterocycles. The van der Waals surface area contributed by atoms with Crippen LogP contribution in [-0.4, -0.2) is 28.0 Å². The van der Waals surface area contributed by atoms with E-state index in [1.807, 2.05) is 7.05 Å². The predicted molar refractivity (Wildman–Crippen MR) is 61.1 cm³/mol. The number of aryl methyl sites for hydroxylation is 1. The highest BCUT2D eigenvalue weighted by Crippen LogP contribution is 2.24. The lowest BCUT2D eigenvalue weighted by atomic mass is 10.1. The summed E-state index contributed by atoms with van der Waals surface area (Å²) in [6.07, 6.45) is 0. The SMILES string of the molecule is CC(C)c1nn(C)c(Cl)c1CNCCO. The van der Waals surface area contributed by atoms with Crippen LogP contribution in [0.15, 0.2) is 0 Å². The number of hydrogen-bond acceptors (Lipinski definition) is 3. The highest BCUT2D eigenvalue weighted by molar-refractivity contribution is 6.30. The van der Waals surface area contributed by atoms with Crippen molar-refractivity contribution in [3.05, 3.63) is 16.4 Å². The lowest BCUT2D eigenvalue weighted by Crippen LogP contribution is -2.18. The molecule has 1 rings (SSSR count). The second-order valence-electron chi connectivity index (χ2n) is 3.83. The fourth-order valence-electron chi connectivity index (χ4n) is 1.49. The fourth-order valence-corrected chi connectivity index (χ4v) is 1.69. The van der Waals surface area contributed by atoms with Crippen molar-refractivity contribution in [3.63, 3.8) is 0 Å². The Bertz CT molecular complexity index is 323. The van der Waals surface area contributed by atoms with Gasteiger partial charge in [-0.3, -0.25) is 4.68 Å². The van der Waals surface area contributed by atoms with Crippen LogP contribution in [0.3, 0.4) is 0 Å². The molecule has 0 aliphatic carbocycles. The van der Waals surface area contributed by atoms with Gasteiger partial charge in [-0.05, 0) is 5.92 Å². The summed E-state index contributed by atoms with van der Waals surface area (Å²) >= 11 is 6.13. The quantitative estimate of drug-likeness (QED) is 0.751. The van der Waals surface area contributed by atoms with Crippen LogP contribution in [0.2, 0.25) is 5.15 Å². The maximum Gasteiger partial charge on any atom is 0.131 e. The van der Waals surface area contributed by atoms with Crippen molar-refractivity contribution in [2.75, 3.05) is 13.2 Å². The van der Waals surface area contributed by atoms with Crippen LogP contribution in [0.25, 0.3) is 0 Å². The molecule has 86 valence electrons. The predicted octanol–water partition coefficient (Wildman–Crippen LogP) is 1.28. The molecule has 0 bridgehead atoms. The summed E-state index contributed by atoms with van der Waals surface area (Å²) in [6.45, 7) is 5.54. The van der Waals surface area contributed by atoms with E-state index in [4.69, 9.17) is 16.7 Å². The van der Waals surface area contributed by atoms with E-state index in [0.717, 1.165) is 11.3 Å². The Hall–Kier alpha value is -0.580. The Labute approximate surface area is 95.2 Å². The smallest absolute Gasteiger partial charge is 0.131 e. The number of nitrogens with zero attached hydrogens (tertiary/aromatic N) is 2. The highest BCUT2D eigenvalue weighted by atomic mass is 35.5. The molecule has 0 spiro atoms. The van der Waals surface area contributed by atoms with Gasteiger partial charge in [0.15, 0.2) is 0 Å². The van der Waals surface area contributed by atoms with Gasteiger partial charge in [0.2, 0.25) is 0 Å². The van der Waals surface area contributed by atoms with Crippen molar-refractivity contribution < 1.29 is 5.11 Å². The zero-order chi connectivity index (χ0) is 11.4. The lowest BCUT2D eigenvalue weighted by Gasteiger charge is -2.06. The van der Waals surface area contributed by atoms with E-state index in [-0.39, 0.29) is 6.61 Å². The first-order valence-corrected chi connectivity index (χ1v) is 5.48. The summed E-state index contributed by atoms with van der Waals surface area (Å²) in [5, 5.41) is 16.8. The van der Waals surface area contributed by atoms with Gasteiger partial charge in [-0.1, -0.05) is 25.4 Å². The third-order valence-corrected chi connectivity index (χ3v) is 2.71. The summed E-state index contributed by atoms with van der Waals surface area (Å²) in [6, 6.07) is 0. The van der Waals surface area contributed by atoms with E-state index in [2.05, 4.69) is 24.3 Å². The van der Waals surface area contributed by atoms with Crippen LogP contribution in [0, 0.1) is 0 Å². The number of aliphatic hydroxyl groups excluding tert-OH is 1. The molecule has 0 saturated carbocycles. The molecule has 0 radical (unpaired) electrons. The van der Waals surface area contributed by atoms with Gasteiger partial charge in [0.1, 0.15) is 5.15 Å². The molecule has 2 N–H and O–H groups in total. The first kappa shape index (κ1) is 12.5. The molecule has 1 heterocycles. The summed E-state index contributed by atoms with van der Waals surface area (Å²) in [4.78, 5) is 0. The monoisotopic (exact) mass is 231 g/mol. The van der Waals surface area contributed by atoms with Crippen molar-refractivity contribution in [2.45, 2.75) is 26.3 Å². The van der Waals surface area contributed by atoms with Gasteiger partial charge in [0, 0.05) is 25.7 Å². The molecule has 0 fully saturated rings. The van der Waals surface area contributed by atoms with Crippen molar-refractivity contribution in [1.82, 2.24) is 15.1 Å². The third kappa shape index (κ3) is 2.93. The zero-order valence-electron chi connectivity index (χ0n) is 9.42. The Balaban J connectivity index is 2.83. The van der Waals surface area contributed by atoms with Crippen LogP contribution in [-0.2, 0) is 13.6 Å². The number of nitrogens with one attached hydrogen (secondary N) is 1. The van der Waals surface area contributed by atoms with E-state index in [0.29, 0.717) is 24.2 Å². The van der Waals surface area contributed by atoms with Gasteiger partial charge in [-0.2, -0.15) is 5.10 Å². The molecule has 0 unspecified atom stereocenters. The van der Waals surface area contributed by atoms with Crippen molar-refractivity contribution in [1.29, 1.82) is 0 Å². The van der Waals surface area contributed by atoms with Gasteiger partial charge in [0.05, 0.1) is 12.3 Å². The van der Waals surface area contributed by atoms with Crippen molar-refractivity contribution >= 4 is 11.6 Å². The van der Waals surface area contributed by atoms with Gasteiger partial charge < -0.3 is 10.4 Å². The summed E-state index contributed by atoms with van der Waals surface area (Å²) < 4.78 is 1.69. The molecular formula is C10H18ClN3O. The summed E-state index contributed by atoms with van der Waals surface area (Å²) in [5.74, 6) is 0.356. The van der Waals surface area contributed by atoms with Gasteiger partial charge in [-0.15, -0.1) is 0 Å². The fraction of sp³-hybridized carbons (Fsp3) is 0.700. The number of aliphatic hydroxyl groups is 1. The van der Waals surface area contributed by atoms with E-state index in [1.165, 1.54) is 0 Å². The van der Waals surface area contributed by atoms with E-state index < -0.39 is 0 Å². The third-order valence-electron chi connectivity index (χ3n) is 2.24. The summed E-state index contributed by atoms with van der Waals surface area (Å²) in [5.41, 5.74) is 2.05. The molecule has 15 heavy (non-hydrogen) atoms. The zero-order valence-corrected chi connectivity index (χ0v) is 10.2. The van der Waals surface area contributed by atoms with Crippen LogP contribution in [0.5, 0.6) is 0 Å². The minimum atomic E-state index is 0.134. The molecule has 0 aliphatic heterocycles. The number of hydrogen-bond donors (Lipinski definition) is 2. The number of halogens is 1. The van der Waals surface area contributed by atoms with E-state index in [9.17, 15) is 0 Å². The largest absolute Gasteiger partial charge is 0.395 e. The van der Waals surface area contributed by atoms with Crippen molar-refractivity contribution in [3.8, 4) is 0 Å². The Morgan fingerprint density at radius 2 is 2.20 bits per heavy atom. The van der Waals surface area contributed by atoms with Crippen LogP contribution >= 0.6 is 11.6 Å². The van der Waals surface area contributed by atoms with Gasteiger partial charge in [0.25, 0.3) is 0 Å². The molecule has 0 atom stereocenters. The molecule has 0 aliphatic rings. The van der Waals surface area contributed by atoms with E-state index in [1.54, 1.807) is 4.68 Å². The van der Waals surface area contributed by atoms with Gasteiger partial charge >= 0.3 is 0 Å². The molecular weight excluding hydrogens is 214 g/mol. The molecule has 4 nitrogen and oxygen atoms in total. The maximum absolute atomic E-state index is 8.68. The lowest BCUT2D eigenvalue weighted by molar-refractivity contribution is 0.292. The number of aromatic nitrogens is 2. The second-order valence-corrected chi connectivity index (χ2v) is 4.19. The average molecular weight is 232 g/mol. The Kier molecular flexibility index (Phi) is 4.57.